The predicted molar refractivity (Wildman–Crippen MR) is 66.9 cm³/mol. The molecule has 1 aromatic heterocycles. The molecular weight excluding hydrogens is 226 g/mol. The molecule has 4 rings (SSSR count). The van der Waals surface area contributed by atoms with E-state index in [9.17, 15) is 4.79 Å². The fourth-order valence-corrected chi connectivity index (χ4v) is 3.78. The van der Waals surface area contributed by atoms with Gasteiger partial charge in [-0.3, -0.25) is 9.89 Å². The Morgan fingerprint density at radius 3 is 3.00 bits per heavy atom. The second-order valence-corrected chi connectivity index (χ2v) is 6.25. The highest BCUT2D eigenvalue weighted by molar-refractivity contribution is 5.79. The molecule has 18 heavy (non-hydrogen) atoms. The number of rotatable bonds is 2. The smallest absolute Gasteiger partial charge is 0.223 e. The van der Waals surface area contributed by atoms with Crippen LogP contribution >= 0.6 is 0 Å². The van der Waals surface area contributed by atoms with E-state index in [0.717, 1.165) is 36.8 Å². The summed E-state index contributed by atoms with van der Waals surface area (Å²) < 4.78 is 0. The molecule has 0 spiro atoms. The van der Waals surface area contributed by atoms with Crippen LogP contribution in [-0.2, 0) is 17.6 Å². The fourth-order valence-electron chi connectivity index (χ4n) is 3.78. The molecular formula is C14H19N3O. The molecule has 3 aliphatic rings. The quantitative estimate of drug-likeness (QED) is 0.828. The average molecular weight is 245 g/mol. The minimum absolute atomic E-state index is 0.148. The summed E-state index contributed by atoms with van der Waals surface area (Å²) in [5, 5.41) is 10.3. The number of nitrogens with zero attached hydrogens (tertiary/aromatic N) is 1. The molecule has 1 aromatic rings. The second kappa shape index (κ2) is 3.84. The van der Waals surface area contributed by atoms with Gasteiger partial charge in [0.25, 0.3) is 0 Å². The molecule has 4 heteroatoms. The summed E-state index contributed by atoms with van der Waals surface area (Å²) >= 11 is 0. The molecule has 1 amide bonds. The summed E-state index contributed by atoms with van der Waals surface area (Å²) in [6.07, 6.45) is 8.54. The lowest BCUT2D eigenvalue weighted by Gasteiger charge is -2.23. The van der Waals surface area contributed by atoms with E-state index in [-0.39, 0.29) is 11.8 Å². The number of amides is 1. The van der Waals surface area contributed by atoms with Gasteiger partial charge in [-0.25, -0.2) is 0 Å². The van der Waals surface area contributed by atoms with Crippen LogP contribution in [0.25, 0.3) is 0 Å². The van der Waals surface area contributed by atoms with Crippen molar-refractivity contribution in [2.45, 2.75) is 44.6 Å². The molecule has 0 aliphatic heterocycles. The van der Waals surface area contributed by atoms with Gasteiger partial charge in [0.05, 0.1) is 6.20 Å². The minimum Gasteiger partial charge on any atom is -0.353 e. The molecule has 96 valence electrons. The lowest BCUT2D eigenvalue weighted by atomic mass is 9.87. The monoisotopic (exact) mass is 245 g/mol. The molecule has 0 radical (unpaired) electrons. The first-order chi connectivity index (χ1) is 8.79. The van der Waals surface area contributed by atoms with E-state index < -0.39 is 0 Å². The Morgan fingerprint density at radius 1 is 1.33 bits per heavy atom. The van der Waals surface area contributed by atoms with Crippen molar-refractivity contribution in [3.63, 3.8) is 0 Å². The van der Waals surface area contributed by atoms with E-state index >= 15 is 0 Å². The van der Waals surface area contributed by atoms with Crippen LogP contribution in [0.2, 0.25) is 0 Å². The summed E-state index contributed by atoms with van der Waals surface area (Å²) in [7, 11) is 0. The number of nitrogens with one attached hydrogen (secondary N) is 2. The number of hydrogen-bond acceptors (Lipinski definition) is 2. The molecule has 0 saturated heterocycles. The third kappa shape index (κ3) is 1.74. The van der Waals surface area contributed by atoms with Gasteiger partial charge >= 0.3 is 0 Å². The molecule has 2 fully saturated rings. The van der Waals surface area contributed by atoms with Crippen molar-refractivity contribution in [2.75, 3.05) is 0 Å². The second-order valence-electron chi connectivity index (χ2n) is 6.25. The third-order valence-corrected chi connectivity index (χ3v) is 4.98. The summed E-state index contributed by atoms with van der Waals surface area (Å²) in [5.74, 6) is 2.28. The average Bonchev–Trinajstić information content (AvgIpc) is 2.80. The van der Waals surface area contributed by atoms with Crippen molar-refractivity contribution in [3.05, 3.63) is 17.5 Å². The van der Waals surface area contributed by atoms with Crippen LogP contribution in [0, 0.1) is 17.8 Å². The van der Waals surface area contributed by atoms with Crippen molar-refractivity contribution in [3.8, 4) is 0 Å². The lowest BCUT2D eigenvalue weighted by molar-refractivity contribution is -0.126. The number of aromatic amines is 1. The molecule has 0 aromatic carbocycles. The summed E-state index contributed by atoms with van der Waals surface area (Å²) in [6, 6.07) is 0.462. The Labute approximate surface area is 107 Å². The van der Waals surface area contributed by atoms with Gasteiger partial charge in [-0.2, -0.15) is 5.10 Å². The molecule has 4 nitrogen and oxygen atoms in total. The maximum Gasteiger partial charge on any atom is 0.223 e. The number of carbonyl (C=O) groups is 1. The van der Waals surface area contributed by atoms with E-state index in [1.54, 1.807) is 0 Å². The topological polar surface area (TPSA) is 57.8 Å². The predicted octanol–water partition coefficient (Wildman–Crippen LogP) is 1.43. The Kier molecular flexibility index (Phi) is 2.26. The number of fused-ring (bicyclic) bond motifs is 2. The first-order valence-corrected chi connectivity index (χ1v) is 7.11. The first-order valence-electron chi connectivity index (χ1n) is 7.11. The molecule has 0 bridgehead atoms. The van der Waals surface area contributed by atoms with Crippen LogP contribution in [0.15, 0.2) is 6.20 Å². The van der Waals surface area contributed by atoms with Gasteiger partial charge in [-0.15, -0.1) is 0 Å². The lowest BCUT2D eigenvalue weighted by Crippen LogP contribution is -2.40. The standard InChI is InChI=1S/C14H19N3O/c18-14(16-12-4-10-3-11(10)5-12)8-1-2-9-7-15-17-13(9)6-8/h7-8,10-12H,1-6H2,(H,15,17)(H,16,18). The fraction of sp³-hybridized carbons (Fsp3) is 0.714. The molecule has 3 atom stereocenters. The van der Waals surface area contributed by atoms with Crippen molar-refractivity contribution in [1.29, 1.82) is 0 Å². The van der Waals surface area contributed by atoms with Gasteiger partial charge in [-0.05, 0) is 49.5 Å². The SMILES string of the molecule is O=C(NC1CC2CC2C1)C1CCc2cn[nH]c2C1. The number of H-pyrrole nitrogens is 1. The van der Waals surface area contributed by atoms with Gasteiger partial charge in [0, 0.05) is 24.1 Å². The minimum atomic E-state index is 0.148. The van der Waals surface area contributed by atoms with Crippen molar-refractivity contribution in [1.82, 2.24) is 15.5 Å². The van der Waals surface area contributed by atoms with Crippen LogP contribution in [-0.4, -0.2) is 22.1 Å². The molecule has 3 unspecified atom stereocenters. The van der Waals surface area contributed by atoms with Crippen LogP contribution in [0.4, 0.5) is 0 Å². The van der Waals surface area contributed by atoms with Crippen LogP contribution in [0.5, 0.6) is 0 Å². The van der Waals surface area contributed by atoms with Crippen LogP contribution in [0.1, 0.15) is 36.9 Å². The van der Waals surface area contributed by atoms with E-state index in [1.807, 2.05) is 6.20 Å². The van der Waals surface area contributed by atoms with Crippen molar-refractivity contribution >= 4 is 5.91 Å². The Hall–Kier alpha value is -1.32. The summed E-state index contributed by atoms with van der Waals surface area (Å²) in [5.41, 5.74) is 2.46. The van der Waals surface area contributed by atoms with Crippen molar-refractivity contribution < 1.29 is 4.79 Å². The largest absolute Gasteiger partial charge is 0.353 e. The van der Waals surface area contributed by atoms with Gasteiger partial charge < -0.3 is 5.32 Å². The Balaban J connectivity index is 1.37. The molecule has 1 heterocycles. The maximum atomic E-state index is 12.3. The van der Waals surface area contributed by atoms with Crippen LogP contribution in [0.3, 0.4) is 0 Å². The van der Waals surface area contributed by atoms with Crippen molar-refractivity contribution in [2.24, 2.45) is 17.8 Å². The zero-order valence-electron chi connectivity index (χ0n) is 10.5. The van der Waals surface area contributed by atoms with Gasteiger partial charge in [0.2, 0.25) is 5.91 Å². The zero-order chi connectivity index (χ0) is 12.1. The molecule has 2 saturated carbocycles. The van der Waals surface area contributed by atoms with E-state index in [2.05, 4.69) is 15.5 Å². The highest BCUT2D eigenvalue weighted by Crippen LogP contribution is 2.51. The van der Waals surface area contributed by atoms with E-state index in [0.29, 0.717) is 6.04 Å². The number of hydrogen-bond donors (Lipinski definition) is 2. The molecule has 2 N–H and O–H groups in total. The Morgan fingerprint density at radius 2 is 2.17 bits per heavy atom. The highest BCUT2D eigenvalue weighted by atomic mass is 16.1. The van der Waals surface area contributed by atoms with Gasteiger partial charge in [0.15, 0.2) is 0 Å². The zero-order valence-corrected chi connectivity index (χ0v) is 10.5. The normalized spacial score (nSPS) is 36.9. The van der Waals surface area contributed by atoms with Gasteiger partial charge in [0.1, 0.15) is 0 Å². The maximum absolute atomic E-state index is 12.3. The van der Waals surface area contributed by atoms with E-state index in [4.69, 9.17) is 0 Å². The summed E-state index contributed by atoms with van der Waals surface area (Å²) in [4.78, 5) is 12.3. The Bertz CT molecular complexity index is 471. The third-order valence-electron chi connectivity index (χ3n) is 4.98. The number of aromatic nitrogens is 2. The number of aryl methyl sites for hydroxylation is 1. The number of carbonyl (C=O) groups excluding carboxylic acids is 1. The first kappa shape index (κ1) is 10.6. The van der Waals surface area contributed by atoms with Gasteiger partial charge in [-0.1, -0.05) is 0 Å². The molecule has 3 aliphatic carbocycles. The summed E-state index contributed by atoms with van der Waals surface area (Å²) in [6.45, 7) is 0. The van der Waals surface area contributed by atoms with E-state index in [1.165, 1.54) is 24.8 Å². The highest BCUT2D eigenvalue weighted by Gasteiger charge is 2.46. The van der Waals surface area contributed by atoms with Crippen LogP contribution < -0.4 is 5.32 Å².